The summed E-state index contributed by atoms with van der Waals surface area (Å²) in [5.74, 6) is 1.68. The molecule has 0 fully saturated rings. The van der Waals surface area contributed by atoms with Crippen LogP contribution in [-0.4, -0.2) is 24.1 Å². The number of benzene rings is 11. The summed E-state index contributed by atoms with van der Waals surface area (Å²) in [5, 5.41) is 14.5. The van der Waals surface area contributed by atoms with Crippen LogP contribution >= 0.6 is 0 Å². The smallest absolute Gasteiger partial charge is 0.166 e. The fraction of sp³-hybridized carbons (Fsp3) is 0.0278. The molecule has 3 aromatic heterocycles. The van der Waals surface area contributed by atoms with Crippen LogP contribution < -0.4 is 0 Å². The van der Waals surface area contributed by atoms with Gasteiger partial charge in [-0.2, -0.15) is 5.26 Å². The highest BCUT2D eigenvalue weighted by molar-refractivity contribution is 6.13. The summed E-state index contributed by atoms with van der Waals surface area (Å²) in [6, 6.07) is 92.5. The van der Waals surface area contributed by atoms with Crippen molar-refractivity contribution in [1.29, 1.82) is 5.26 Å². The van der Waals surface area contributed by atoms with Crippen LogP contribution in [0.4, 0.5) is 0 Å². The maximum Gasteiger partial charge on any atom is 0.166 e. The number of aromatic nitrogens is 5. The second-order valence-electron chi connectivity index (χ2n) is 20.1. The molecule has 0 radical (unpaired) electrons. The van der Waals surface area contributed by atoms with E-state index in [0.717, 1.165) is 105 Å². The van der Waals surface area contributed by atoms with Gasteiger partial charge in [-0.05, 0) is 120 Å². The Bertz CT molecular complexity index is 4600. The molecule has 3 heterocycles. The lowest BCUT2D eigenvalue weighted by molar-refractivity contribution is 1.06. The van der Waals surface area contributed by atoms with Crippen molar-refractivity contribution in [2.24, 2.45) is 0 Å². The molecule has 14 rings (SSSR count). The number of nitriles is 1. The molecule has 6 heteroatoms. The van der Waals surface area contributed by atoms with Gasteiger partial charge in [0.1, 0.15) is 0 Å². The van der Waals surface area contributed by atoms with Crippen molar-refractivity contribution in [3.63, 3.8) is 0 Å². The van der Waals surface area contributed by atoms with Crippen LogP contribution in [-0.2, 0) is 0 Å². The van der Waals surface area contributed by atoms with Gasteiger partial charge < -0.3 is 9.13 Å². The van der Waals surface area contributed by atoms with E-state index in [1.165, 1.54) is 22.3 Å². The lowest BCUT2D eigenvalue weighted by atomic mass is 9.92. The maximum absolute atomic E-state index is 9.86. The van der Waals surface area contributed by atoms with Gasteiger partial charge in [0, 0.05) is 38.2 Å². The molecule has 0 bridgehead atoms. The number of hydrogen-bond acceptors (Lipinski definition) is 4. The second-order valence-corrected chi connectivity index (χ2v) is 20.1. The van der Waals surface area contributed by atoms with Gasteiger partial charge in [-0.3, -0.25) is 0 Å². The second kappa shape index (κ2) is 19.0. The molecule has 6 nitrogen and oxygen atoms in total. The average molecular weight is 997 g/mol. The molecule has 0 N–H and O–H groups in total. The average Bonchev–Trinajstić information content (AvgIpc) is 4.13. The van der Waals surface area contributed by atoms with Gasteiger partial charge >= 0.3 is 0 Å². The summed E-state index contributed by atoms with van der Waals surface area (Å²) < 4.78 is 4.82. The zero-order valence-electron chi connectivity index (χ0n) is 42.9. The van der Waals surface area contributed by atoms with Crippen LogP contribution in [0.15, 0.2) is 255 Å². The summed E-state index contributed by atoms with van der Waals surface area (Å²) in [5.41, 5.74) is 20.4. The quantitative estimate of drug-likeness (QED) is 0.144. The highest BCUT2D eigenvalue weighted by atomic mass is 15.1. The van der Waals surface area contributed by atoms with Crippen molar-refractivity contribution >= 4 is 43.6 Å². The Morgan fingerprint density at radius 1 is 0.308 bits per heavy atom. The highest BCUT2D eigenvalue weighted by Gasteiger charge is 2.26. The Morgan fingerprint density at radius 3 is 1.26 bits per heavy atom. The van der Waals surface area contributed by atoms with Gasteiger partial charge in [0.2, 0.25) is 0 Å². The fourth-order valence-corrected chi connectivity index (χ4v) is 11.3. The van der Waals surface area contributed by atoms with E-state index in [1.54, 1.807) is 0 Å². The first-order valence-electron chi connectivity index (χ1n) is 26.3. The third-order valence-corrected chi connectivity index (χ3v) is 15.2. The largest absolute Gasteiger partial charge is 0.309 e. The number of nitrogens with zero attached hydrogens (tertiary/aromatic N) is 6. The van der Waals surface area contributed by atoms with E-state index in [9.17, 15) is 5.26 Å². The Hall–Kier alpha value is -10.5. The lowest BCUT2D eigenvalue weighted by Gasteiger charge is -2.21. The van der Waals surface area contributed by atoms with Crippen molar-refractivity contribution < 1.29 is 0 Å². The molecule has 0 saturated carbocycles. The molecular formula is C72H48N6. The molecule has 0 amide bonds. The van der Waals surface area contributed by atoms with Gasteiger partial charge in [0.25, 0.3) is 0 Å². The molecule has 0 saturated heterocycles. The van der Waals surface area contributed by atoms with Crippen molar-refractivity contribution in [2.45, 2.75) is 13.8 Å². The van der Waals surface area contributed by atoms with Gasteiger partial charge in [0.05, 0.1) is 50.6 Å². The van der Waals surface area contributed by atoms with Crippen molar-refractivity contribution in [3.05, 3.63) is 271 Å². The fourth-order valence-electron chi connectivity index (χ4n) is 11.3. The molecule has 0 aliphatic carbocycles. The van der Waals surface area contributed by atoms with E-state index in [4.69, 9.17) is 15.0 Å². The van der Waals surface area contributed by atoms with Crippen LogP contribution in [0.1, 0.15) is 16.7 Å². The molecule has 0 aliphatic rings. The Balaban J connectivity index is 1.10. The normalized spacial score (nSPS) is 11.4. The van der Waals surface area contributed by atoms with Crippen LogP contribution in [0.3, 0.4) is 0 Å². The summed E-state index contributed by atoms with van der Waals surface area (Å²) in [7, 11) is 0. The molecule has 0 aliphatic heterocycles. The van der Waals surface area contributed by atoms with E-state index in [1.807, 2.05) is 60.7 Å². The molecule has 366 valence electrons. The number of fused-ring (bicyclic) bond motifs is 6. The first-order valence-corrected chi connectivity index (χ1v) is 26.3. The zero-order valence-corrected chi connectivity index (χ0v) is 42.9. The predicted octanol–water partition coefficient (Wildman–Crippen LogP) is 18.2. The number of aryl methyl sites for hydroxylation is 2. The standard InChI is InChI=1S/C72H48N6/c1-46-24-30-49(31-25-46)54-36-39-65-60(42-54)57-18-9-11-21-63(57)77(65)67-41-38-56(51-34-28-48(45-73)29-35-51)44-62(67)59-20-13-23-68(69(59)72-75-70(52-14-5-3-6-15-52)74-71(76-72)53-16-7-4-8-17-53)78-64-22-12-10-19-58(64)61-43-55(37-40-66(61)78)50-32-26-47(2)27-33-50/h3-44H,1-2H3. The van der Waals surface area contributed by atoms with Crippen LogP contribution in [0.25, 0.3) is 134 Å². The minimum atomic E-state index is 0.537. The van der Waals surface area contributed by atoms with Gasteiger partial charge in [-0.1, -0.05) is 199 Å². The SMILES string of the molecule is Cc1ccc(-c2ccc3c(c2)c2ccccc2n3-c2ccc(-c3ccc(C#N)cc3)cc2-c2cccc(-n3c4ccccc4c4cc(-c5ccc(C)cc5)ccc43)c2-c2nc(-c3ccccc3)nc(-c3ccccc3)n2)cc1. The van der Waals surface area contributed by atoms with Crippen molar-refractivity contribution in [1.82, 2.24) is 24.1 Å². The van der Waals surface area contributed by atoms with Crippen LogP contribution in [0.2, 0.25) is 0 Å². The molecule has 78 heavy (non-hydrogen) atoms. The van der Waals surface area contributed by atoms with E-state index < -0.39 is 0 Å². The molecular weight excluding hydrogens is 949 g/mol. The monoisotopic (exact) mass is 996 g/mol. The third-order valence-electron chi connectivity index (χ3n) is 15.2. The number of hydrogen-bond donors (Lipinski definition) is 0. The Morgan fingerprint density at radius 2 is 0.731 bits per heavy atom. The highest BCUT2D eigenvalue weighted by Crippen LogP contribution is 2.46. The van der Waals surface area contributed by atoms with E-state index >= 15 is 0 Å². The molecule has 0 atom stereocenters. The molecule has 0 unspecified atom stereocenters. The van der Waals surface area contributed by atoms with Crippen LogP contribution in [0, 0.1) is 25.2 Å². The summed E-state index contributed by atoms with van der Waals surface area (Å²) in [4.78, 5) is 16.3. The zero-order chi connectivity index (χ0) is 52.3. The maximum atomic E-state index is 9.86. The first kappa shape index (κ1) is 46.1. The Labute approximate surface area is 452 Å². The minimum absolute atomic E-state index is 0.537. The molecule has 11 aromatic carbocycles. The van der Waals surface area contributed by atoms with E-state index in [-0.39, 0.29) is 0 Å². The molecule has 14 aromatic rings. The van der Waals surface area contributed by atoms with Gasteiger partial charge in [-0.25, -0.2) is 15.0 Å². The molecule has 0 spiro atoms. The topological polar surface area (TPSA) is 72.3 Å². The third kappa shape index (κ3) is 8.01. The lowest BCUT2D eigenvalue weighted by Crippen LogP contribution is -2.06. The number of para-hydroxylation sites is 2. The van der Waals surface area contributed by atoms with Gasteiger partial charge in [0.15, 0.2) is 17.5 Å². The Kier molecular flexibility index (Phi) is 11.2. The van der Waals surface area contributed by atoms with Crippen LogP contribution in [0.5, 0.6) is 0 Å². The van der Waals surface area contributed by atoms with E-state index in [0.29, 0.717) is 23.0 Å². The van der Waals surface area contributed by atoms with Crippen molar-refractivity contribution in [3.8, 4) is 96.1 Å². The van der Waals surface area contributed by atoms with Gasteiger partial charge in [-0.15, -0.1) is 0 Å². The first-order chi connectivity index (χ1) is 38.4. The summed E-state index contributed by atoms with van der Waals surface area (Å²) in [6.45, 7) is 4.25. The predicted molar refractivity (Wildman–Crippen MR) is 321 cm³/mol. The van der Waals surface area contributed by atoms with Crippen molar-refractivity contribution in [2.75, 3.05) is 0 Å². The minimum Gasteiger partial charge on any atom is -0.309 e. The van der Waals surface area contributed by atoms with E-state index in [2.05, 4.69) is 223 Å². The summed E-state index contributed by atoms with van der Waals surface area (Å²) >= 11 is 0. The number of rotatable bonds is 9. The summed E-state index contributed by atoms with van der Waals surface area (Å²) in [6.07, 6.45) is 0.